The molecule has 0 aromatic heterocycles. The topological polar surface area (TPSA) is 141 Å². The summed E-state index contributed by atoms with van der Waals surface area (Å²) in [6.07, 6.45) is 0. The molecule has 208 valence electrons. The number of hydrogen-bond donors (Lipinski definition) is 2. The summed E-state index contributed by atoms with van der Waals surface area (Å²) < 4.78 is 47.8. The number of aliphatic hydroxyl groups is 2. The van der Waals surface area contributed by atoms with E-state index in [2.05, 4.69) is 0 Å². The van der Waals surface area contributed by atoms with Crippen LogP contribution in [0.5, 0.6) is 11.5 Å². The zero-order valence-electron chi connectivity index (χ0n) is 21.0. The highest BCUT2D eigenvalue weighted by atomic mass is 16.6. The van der Waals surface area contributed by atoms with Crippen LogP contribution in [0.1, 0.15) is 10.4 Å². The van der Waals surface area contributed by atoms with Gasteiger partial charge in [-0.1, -0.05) is 0 Å². The van der Waals surface area contributed by atoms with Crippen molar-refractivity contribution in [3.05, 3.63) is 23.8 Å². The number of carbonyl (C=O) groups excluding carboxylic acids is 1. The van der Waals surface area contributed by atoms with Crippen LogP contribution in [0.4, 0.5) is 0 Å². The molecule has 0 aliphatic rings. The minimum absolute atomic E-state index is 0.00116. The Morgan fingerprint density at radius 3 is 1.53 bits per heavy atom. The van der Waals surface area contributed by atoms with Gasteiger partial charge in [-0.2, -0.15) is 0 Å². The second kappa shape index (κ2) is 23.4. The molecule has 0 fully saturated rings. The fourth-order valence-electron chi connectivity index (χ4n) is 2.61. The molecule has 0 saturated carbocycles. The van der Waals surface area contributed by atoms with Crippen LogP contribution < -0.4 is 9.47 Å². The minimum Gasteiger partial charge on any atom is -0.493 e. The van der Waals surface area contributed by atoms with E-state index in [9.17, 15) is 4.79 Å². The molecule has 0 unspecified atom stereocenters. The minimum atomic E-state index is -0.495. The van der Waals surface area contributed by atoms with Gasteiger partial charge in [-0.05, 0) is 18.2 Å². The molecule has 12 nitrogen and oxygen atoms in total. The summed E-state index contributed by atoms with van der Waals surface area (Å²) in [5, 5.41) is 17.2. The van der Waals surface area contributed by atoms with Gasteiger partial charge in [0.1, 0.15) is 13.2 Å². The molecule has 0 radical (unpaired) electrons. The average Bonchev–Trinajstić information content (AvgIpc) is 2.90. The maximum atomic E-state index is 12.3. The van der Waals surface area contributed by atoms with Crippen LogP contribution in [0, 0.1) is 0 Å². The molecule has 2 N–H and O–H groups in total. The summed E-state index contributed by atoms with van der Waals surface area (Å²) in [7, 11) is 1.49. The SMILES string of the molecule is COc1cc(C(=O)OCCOCCOCCOCCO)ccc1OCCOCCOCCOCCO. The Kier molecular flexibility index (Phi) is 20.8. The van der Waals surface area contributed by atoms with Gasteiger partial charge >= 0.3 is 5.97 Å². The molecular weight excluding hydrogens is 480 g/mol. The predicted octanol–water partition coefficient (Wildman–Crippen LogP) is 0.315. The first-order valence-corrected chi connectivity index (χ1v) is 11.9. The second-order valence-electron chi connectivity index (χ2n) is 6.97. The van der Waals surface area contributed by atoms with Crippen molar-refractivity contribution in [2.75, 3.05) is 113 Å². The summed E-state index contributed by atoms with van der Waals surface area (Å²) in [6, 6.07) is 4.79. The van der Waals surface area contributed by atoms with E-state index in [1.165, 1.54) is 7.11 Å². The van der Waals surface area contributed by atoms with Crippen LogP contribution >= 0.6 is 0 Å². The summed E-state index contributed by atoms with van der Waals surface area (Å²) in [5.41, 5.74) is 0.335. The molecule has 12 heteroatoms. The van der Waals surface area contributed by atoms with Gasteiger partial charge < -0.3 is 52.8 Å². The van der Waals surface area contributed by atoms with Crippen LogP contribution in [0.3, 0.4) is 0 Å². The van der Waals surface area contributed by atoms with Crippen LogP contribution in [0.15, 0.2) is 18.2 Å². The first-order valence-electron chi connectivity index (χ1n) is 11.9. The molecular formula is C24H40O12. The third-order valence-electron chi connectivity index (χ3n) is 4.30. The molecule has 1 aromatic carbocycles. The van der Waals surface area contributed by atoms with Crippen LogP contribution in [-0.4, -0.2) is 129 Å². The smallest absolute Gasteiger partial charge is 0.338 e. The van der Waals surface area contributed by atoms with Crippen molar-refractivity contribution >= 4 is 5.97 Å². The normalized spacial score (nSPS) is 11.0. The molecule has 0 aliphatic heterocycles. The van der Waals surface area contributed by atoms with Gasteiger partial charge in [0.2, 0.25) is 0 Å². The summed E-state index contributed by atoms with van der Waals surface area (Å²) in [4.78, 5) is 12.3. The standard InChI is InChI=1S/C24H40O12/c1-28-23-20-21(24(27)36-19-17-34-15-13-32-11-9-30-7-5-26)2-3-22(23)35-18-16-33-14-12-31-10-8-29-6-4-25/h2-3,20,25-26H,4-19H2,1H3. The van der Waals surface area contributed by atoms with E-state index in [4.69, 9.17) is 52.8 Å². The fourth-order valence-corrected chi connectivity index (χ4v) is 2.61. The van der Waals surface area contributed by atoms with Crippen molar-refractivity contribution < 1.29 is 57.6 Å². The average molecular weight is 521 g/mol. The number of ether oxygens (including phenoxy) is 9. The molecule has 0 atom stereocenters. The lowest BCUT2D eigenvalue weighted by atomic mass is 10.2. The first kappa shape index (κ1) is 32.0. The van der Waals surface area contributed by atoms with Gasteiger partial charge in [0.25, 0.3) is 0 Å². The maximum Gasteiger partial charge on any atom is 0.338 e. The van der Waals surface area contributed by atoms with Crippen molar-refractivity contribution in [3.8, 4) is 11.5 Å². The number of benzene rings is 1. The maximum absolute atomic E-state index is 12.3. The second-order valence-corrected chi connectivity index (χ2v) is 6.97. The summed E-state index contributed by atoms with van der Waals surface area (Å²) >= 11 is 0. The predicted molar refractivity (Wildman–Crippen MR) is 128 cm³/mol. The van der Waals surface area contributed by atoms with Crippen LogP contribution in [0.2, 0.25) is 0 Å². The van der Waals surface area contributed by atoms with Gasteiger partial charge in [-0.15, -0.1) is 0 Å². The number of hydrogen-bond acceptors (Lipinski definition) is 12. The number of methoxy groups -OCH3 is 1. The van der Waals surface area contributed by atoms with Crippen molar-refractivity contribution in [1.29, 1.82) is 0 Å². The van der Waals surface area contributed by atoms with Crippen molar-refractivity contribution in [1.82, 2.24) is 0 Å². The monoisotopic (exact) mass is 520 g/mol. The van der Waals surface area contributed by atoms with Gasteiger partial charge in [0, 0.05) is 0 Å². The molecule has 36 heavy (non-hydrogen) atoms. The molecule has 0 aliphatic carbocycles. The zero-order chi connectivity index (χ0) is 26.1. The molecule has 0 amide bonds. The number of carbonyl (C=O) groups is 1. The number of aliphatic hydroxyl groups excluding tert-OH is 2. The Morgan fingerprint density at radius 2 is 1.06 bits per heavy atom. The van der Waals surface area contributed by atoms with Crippen LogP contribution in [0.25, 0.3) is 0 Å². The zero-order valence-corrected chi connectivity index (χ0v) is 21.0. The highest BCUT2D eigenvalue weighted by molar-refractivity contribution is 5.90. The van der Waals surface area contributed by atoms with E-state index >= 15 is 0 Å². The third-order valence-corrected chi connectivity index (χ3v) is 4.30. The molecule has 0 heterocycles. The highest BCUT2D eigenvalue weighted by Crippen LogP contribution is 2.28. The van der Waals surface area contributed by atoms with E-state index < -0.39 is 5.97 Å². The Bertz CT molecular complexity index is 658. The van der Waals surface area contributed by atoms with Gasteiger partial charge in [0.15, 0.2) is 11.5 Å². The van der Waals surface area contributed by atoms with Crippen molar-refractivity contribution in [2.24, 2.45) is 0 Å². The van der Waals surface area contributed by atoms with E-state index in [0.717, 1.165) is 0 Å². The fraction of sp³-hybridized carbons (Fsp3) is 0.708. The lowest BCUT2D eigenvalue weighted by molar-refractivity contribution is -0.00314. The summed E-state index contributed by atoms with van der Waals surface area (Å²) in [5.74, 6) is 0.401. The van der Waals surface area contributed by atoms with Gasteiger partial charge in [-0.3, -0.25) is 0 Å². The van der Waals surface area contributed by atoms with Crippen LogP contribution in [-0.2, 0) is 33.2 Å². The van der Waals surface area contributed by atoms with Gasteiger partial charge in [0.05, 0.1) is 105 Å². The molecule has 0 saturated heterocycles. The van der Waals surface area contributed by atoms with Crippen molar-refractivity contribution in [3.63, 3.8) is 0 Å². The lowest BCUT2D eigenvalue weighted by Crippen LogP contribution is -2.14. The van der Waals surface area contributed by atoms with E-state index in [-0.39, 0.29) is 26.4 Å². The van der Waals surface area contributed by atoms with E-state index in [1.54, 1.807) is 18.2 Å². The Morgan fingerprint density at radius 1 is 0.611 bits per heavy atom. The molecule has 0 bridgehead atoms. The van der Waals surface area contributed by atoms with Crippen molar-refractivity contribution in [2.45, 2.75) is 0 Å². The molecule has 1 aromatic rings. The Balaban J connectivity index is 2.13. The summed E-state index contributed by atoms with van der Waals surface area (Å²) in [6.45, 7) is 4.94. The highest BCUT2D eigenvalue weighted by Gasteiger charge is 2.12. The number of esters is 1. The number of rotatable bonds is 25. The largest absolute Gasteiger partial charge is 0.493 e. The van der Waals surface area contributed by atoms with Gasteiger partial charge in [-0.25, -0.2) is 4.79 Å². The van der Waals surface area contributed by atoms with E-state index in [1.807, 2.05) is 0 Å². The Hall–Kier alpha value is -2.03. The van der Waals surface area contributed by atoms with E-state index in [0.29, 0.717) is 96.3 Å². The third kappa shape index (κ3) is 16.6. The molecule has 1 rings (SSSR count). The quantitative estimate of drug-likeness (QED) is 0.135. The molecule has 0 spiro atoms. The lowest BCUT2D eigenvalue weighted by Gasteiger charge is -2.12. The Labute approximate surface area is 212 Å². The first-order chi connectivity index (χ1) is 17.7.